The molecule has 0 aliphatic heterocycles. The largest absolute Gasteiger partial charge is 0.548 e. The second-order valence-electron chi connectivity index (χ2n) is 9.40. The summed E-state index contributed by atoms with van der Waals surface area (Å²) in [5.41, 5.74) is 3.11. The number of fused-ring (bicyclic) bond motifs is 2. The Morgan fingerprint density at radius 1 is 0.625 bits per heavy atom. The van der Waals surface area contributed by atoms with Crippen LogP contribution in [0.2, 0.25) is 0 Å². The normalized spacial score (nSPS) is 12.6. The summed E-state index contributed by atoms with van der Waals surface area (Å²) in [6, 6.07) is 17.6. The molecule has 4 N–H and O–H groups in total. The summed E-state index contributed by atoms with van der Waals surface area (Å²) in [4.78, 5) is 55.7. The second kappa shape index (κ2) is 11.2. The maximum absolute atomic E-state index is 12.9. The van der Waals surface area contributed by atoms with E-state index in [-0.39, 0.29) is 24.0 Å². The average molecular weight is 537 g/mol. The van der Waals surface area contributed by atoms with Gasteiger partial charge in [0.15, 0.2) is 0 Å². The molecule has 0 fully saturated rings. The molecular formula is C30H24N4O6-2. The van der Waals surface area contributed by atoms with Crippen molar-refractivity contribution >= 4 is 45.6 Å². The van der Waals surface area contributed by atoms with E-state index in [1.165, 1.54) is 24.3 Å². The van der Waals surface area contributed by atoms with Crippen molar-refractivity contribution < 1.29 is 29.4 Å². The van der Waals surface area contributed by atoms with E-state index in [1.54, 1.807) is 12.4 Å². The number of carbonyl (C=O) groups is 4. The van der Waals surface area contributed by atoms with Crippen LogP contribution >= 0.6 is 0 Å². The number of rotatable bonds is 10. The van der Waals surface area contributed by atoms with Gasteiger partial charge in [-0.3, -0.25) is 9.59 Å². The van der Waals surface area contributed by atoms with Crippen molar-refractivity contribution in [2.24, 2.45) is 0 Å². The number of carbonyl (C=O) groups excluding carboxylic acids is 4. The number of carboxylic acid groups (broad SMARTS) is 2. The van der Waals surface area contributed by atoms with Gasteiger partial charge in [0.1, 0.15) is 0 Å². The lowest BCUT2D eigenvalue weighted by atomic mass is 10.0. The third-order valence-electron chi connectivity index (χ3n) is 6.76. The molecule has 2 heterocycles. The fourth-order valence-electron chi connectivity index (χ4n) is 4.71. The van der Waals surface area contributed by atoms with E-state index in [0.29, 0.717) is 11.1 Å². The lowest BCUT2D eigenvalue weighted by Gasteiger charge is -2.21. The molecule has 0 aliphatic rings. The van der Waals surface area contributed by atoms with Crippen LogP contribution in [0.5, 0.6) is 0 Å². The molecule has 0 aliphatic carbocycles. The number of aromatic nitrogens is 2. The highest BCUT2D eigenvalue weighted by Crippen LogP contribution is 2.20. The zero-order valence-electron chi connectivity index (χ0n) is 21.1. The average Bonchev–Trinajstić information content (AvgIpc) is 3.56. The number of para-hydroxylation sites is 2. The number of carboxylic acids is 2. The summed E-state index contributed by atoms with van der Waals surface area (Å²) in [5.74, 6) is -4.36. The zero-order valence-corrected chi connectivity index (χ0v) is 21.1. The van der Waals surface area contributed by atoms with Crippen molar-refractivity contribution in [1.82, 2.24) is 20.6 Å². The van der Waals surface area contributed by atoms with Crippen LogP contribution in [0.3, 0.4) is 0 Å². The first-order valence-corrected chi connectivity index (χ1v) is 12.5. The van der Waals surface area contributed by atoms with E-state index in [2.05, 4.69) is 20.6 Å². The molecule has 2 amide bonds. The number of hydrogen-bond donors (Lipinski definition) is 4. The molecule has 10 heteroatoms. The Kier molecular flexibility index (Phi) is 7.32. The summed E-state index contributed by atoms with van der Waals surface area (Å²) in [7, 11) is 0. The first-order valence-electron chi connectivity index (χ1n) is 12.5. The first-order chi connectivity index (χ1) is 19.3. The van der Waals surface area contributed by atoms with Crippen LogP contribution in [0.15, 0.2) is 85.2 Å². The Bertz CT molecular complexity index is 1610. The van der Waals surface area contributed by atoms with Gasteiger partial charge in [0, 0.05) is 58.2 Å². The maximum atomic E-state index is 12.9. The molecule has 2 atom stereocenters. The van der Waals surface area contributed by atoms with Crippen LogP contribution in [-0.2, 0) is 22.4 Å². The minimum atomic E-state index is -1.46. The zero-order chi connectivity index (χ0) is 28.2. The SMILES string of the molecule is O=C(N[C@H](Cc1c[nH]c2ccccc12)C(=O)[O-])c1cccc(C(=O)N[C@H](Cc2c[nH]c3ccccc23)C(=O)[O-])c1. The molecule has 2 aromatic heterocycles. The van der Waals surface area contributed by atoms with E-state index in [4.69, 9.17) is 0 Å². The van der Waals surface area contributed by atoms with Crippen LogP contribution in [0.1, 0.15) is 31.8 Å². The number of nitrogens with one attached hydrogen (secondary N) is 4. The fraction of sp³-hybridized carbons (Fsp3) is 0.133. The van der Waals surface area contributed by atoms with Crippen molar-refractivity contribution in [3.05, 3.63) is 107 Å². The second-order valence-corrected chi connectivity index (χ2v) is 9.40. The molecule has 0 bridgehead atoms. The Labute approximate surface area is 228 Å². The van der Waals surface area contributed by atoms with Crippen LogP contribution in [-0.4, -0.2) is 45.8 Å². The Hall–Kier alpha value is -5.38. The standard InChI is InChI=1S/C30H26N4O6/c35-27(33-25(29(37)38)13-19-15-31-23-10-3-1-8-21(19)23)17-6-5-7-18(12-17)28(36)34-26(30(39)40)14-20-16-32-24-11-4-2-9-22(20)24/h1-12,15-16,25-26,31-32H,13-14H2,(H,33,35)(H,34,36)(H,37,38)(H,39,40)/p-2/t25-,26-/m1/s1. The molecule has 0 spiro atoms. The van der Waals surface area contributed by atoms with Gasteiger partial charge in [0.2, 0.25) is 0 Å². The monoisotopic (exact) mass is 536 g/mol. The van der Waals surface area contributed by atoms with Gasteiger partial charge in [0.25, 0.3) is 11.8 Å². The van der Waals surface area contributed by atoms with Crippen molar-refractivity contribution in [3.63, 3.8) is 0 Å². The Morgan fingerprint density at radius 2 is 1.05 bits per heavy atom. The number of hydrogen-bond acceptors (Lipinski definition) is 6. The highest BCUT2D eigenvalue weighted by molar-refractivity contribution is 6.01. The summed E-state index contributed by atoms with van der Waals surface area (Å²) in [6.07, 6.45) is 3.34. The minimum absolute atomic E-state index is 0.0145. The molecule has 202 valence electrons. The van der Waals surface area contributed by atoms with Crippen LogP contribution in [0.25, 0.3) is 21.8 Å². The third-order valence-corrected chi connectivity index (χ3v) is 6.76. The van der Waals surface area contributed by atoms with Crippen LogP contribution < -0.4 is 20.8 Å². The number of H-pyrrole nitrogens is 2. The molecule has 10 nitrogen and oxygen atoms in total. The quantitative estimate of drug-likeness (QED) is 0.206. The number of benzene rings is 3. The first kappa shape index (κ1) is 26.2. The molecule has 5 rings (SSSR count). The van der Waals surface area contributed by atoms with E-state index in [9.17, 15) is 29.4 Å². The molecule has 0 saturated carbocycles. The highest BCUT2D eigenvalue weighted by atomic mass is 16.4. The van der Waals surface area contributed by atoms with Gasteiger partial charge in [-0.25, -0.2) is 0 Å². The number of amides is 2. The van der Waals surface area contributed by atoms with Gasteiger partial charge in [-0.05, 0) is 41.5 Å². The van der Waals surface area contributed by atoms with E-state index in [1.807, 2.05) is 48.5 Å². The molecule has 40 heavy (non-hydrogen) atoms. The van der Waals surface area contributed by atoms with Crippen LogP contribution in [0.4, 0.5) is 0 Å². The van der Waals surface area contributed by atoms with E-state index >= 15 is 0 Å². The maximum Gasteiger partial charge on any atom is 0.251 e. The number of aromatic amines is 2. The predicted molar refractivity (Wildman–Crippen MR) is 143 cm³/mol. The molecular weight excluding hydrogens is 512 g/mol. The van der Waals surface area contributed by atoms with Gasteiger partial charge in [0.05, 0.1) is 24.0 Å². The molecule has 0 radical (unpaired) electrons. The van der Waals surface area contributed by atoms with Gasteiger partial charge in [-0.1, -0.05) is 42.5 Å². The molecule has 0 saturated heterocycles. The lowest BCUT2D eigenvalue weighted by molar-refractivity contribution is -0.309. The highest BCUT2D eigenvalue weighted by Gasteiger charge is 2.20. The Morgan fingerprint density at radius 3 is 1.48 bits per heavy atom. The van der Waals surface area contributed by atoms with Crippen molar-refractivity contribution in [1.29, 1.82) is 0 Å². The minimum Gasteiger partial charge on any atom is -0.548 e. The van der Waals surface area contributed by atoms with Crippen LogP contribution in [0, 0.1) is 0 Å². The van der Waals surface area contributed by atoms with Crippen molar-refractivity contribution in [3.8, 4) is 0 Å². The molecule has 3 aromatic carbocycles. The summed E-state index contributed by atoms with van der Waals surface area (Å²) in [5, 5.41) is 30.2. The Balaban J connectivity index is 1.28. The van der Waals surface area contributed by atoms with E-state index < -0.39 is 35.8 Å². The van der Waals surface area contributed by atoms with Gasteiger partial charge in [-0.2, -0.15) is 0 Å². The van der Waals surface area contributed by atoms with Gasteiger partial charge >= 0.3 is 0 Å². The third kappa shape index (κ3) is 5.56. The molecule has 0 unspecified atom stereocenters. The van der Waals surface area contributed by atoms with E-state index in [0.717, 1.165) is 21.8 Å². The van der Waals surface area contributed by atoms with Crippen molar-refractivity contribution in [2.75, 3.05) is 0 Å². The summed E-state index contributed by atoms with van der Waals surface area (Å²) < 4.78 is 0. The summed E-state index contributed by atoms with van der Waals surface area (Å²) in [6.45, 7) is 0. The number of aliphatic carboxylic acids is 2. The summed E-state index contributed by atoms with van der Waals surface area (Å²) >= 11 is 0. The van der Waals surface area contributed by atoms with Gasteiger partial charge in [-0.15, -0.1) is 0 Å². The fourth-order valence-corrected chi connectivity index (χ4v) is 4.71. The van der Waals surface area contributed by atoms with Crippen molar-refractivity contribution in [2.45, 2.75) is 24.9 Å². The smallest absolute Gasteiger partial charge is 0.251 e. The molecule has 5 aromatic rings. The topological polar surface area (TPSA) is 170 Å². The predicted octanol–water partition coefficient (Wildman–Crippen LogP) is 0.831. The van der Waals surface area contributed by atoms with Gasteiger partial charge < -0.3 is 40.4 Å². The lowest BCUT2D eigenvalue weighted by Crippen LogP contribution is -2.49.